The molecule has 0 aliphatic heterocycles. The van der Waals surface area contributed by atoms with Gasteiger partial charge in [0, 0.05) is 11.5 Å². The number of nitrogens with zero attached hydrogens (tertiary/aromatic N) is 3. The Kier molecular flexibility index (Phi) is 4.22. The van der Waals surface area contributed by atoms with Crippen molar-refractivity contribution in [1.82, 2.24) is 14.8 Å². The molecular formula is C17H21N3O2. The number of methoxy groups -OCH3 is 1. The van der Waals surface area contributed by atoms with E-state index < -0.39 is 0 Å². The second-order valence-corrected chi connectivity index (χ2v) is 5.86. The van der Waals surface area contributed by atoms with Gasteiger partial charge in [-0.05, 0) is 48.9 Å². The lowest BCUT2D eigenvalue weighted by molar-refractivity contribution is 0.0914. The first-order valence-corrected chi connectivity index (χ1v) is 7.76. The molecule has 0 spiro atoms. The predicted molar refractivity (Wildman–Crippen MR) is 83.2 cm³/mol. The average molecular weight is 299 g/mol. The van der Waals surface area contributed by atoms with Gasteiger partial charge in [0.05, 0.1) is 13.7 Å². The standard InChI is InChI=1S/C17H21N3O2/c1-12(9-20-11-18-10-19-20)17(21)15-7-8-16(22-2)14-6-4-3-5-13(14)15/h7-8,10-12H,3-6,9H2,1-2H3. The topological polar surface area (TPSA) is 57.0 Å². The molecule has 0 N–H and O–H groups in total. The highest BCUT2D eigenvalue weighted by Gasteiger charge is 2.24. The summed E-state index contributed by atoms with van der Waals surface area (Å²) in [4.78, 5) is 16.8. The van der Waals surface area contributed by atoms with Crippen LogP contribution in [0.2, 0.25) is 0 Å². The molecule has 22 heavy (non-hydrogen) atoms. The molecule has 1 aromatic heterocycles. The number of carbonyl (C=O) groups is 1. The highest BCUT2D eigenvalue weighted by atomic mass is 16.5. The number of benzene rings is 1. The lowest BCUT2D eigenvalue weighted by Crippen LogP contribution is -2.21. The van der Waals surface area contributed by atoms with Gasteiger partial charge in [-0.3, -0.25) is 9.48 Å². The summed E-state index contributed by atoms with van der Waals surface area (Å²) in [6.45, 7) is 2.50. The molecule has 0 saturated heterocycles. The second-order valence-electron chi connectivity index (χ2n) is 5.86. The van der Waals surface area contributed by atoms with Crippen molar-refractivity contribution < 1.29 is 9.53 Å². The average Bonchev–Trinajstić information content (AvgIpc) is 3.06. The van der Waals surface area contributed by atoms with Gasteiger partial charge in [0.2, 0.25) is 0 Å². The maximum Gasteiger partial charge on any atom is 0.167 e. The van der Waals surface area contributed by atoms with E-state index in [9.17, 15) is 4.79 Å². The van der Waals surface area contributed by atoms with Crippen molar-refractivity contribution in [1.29, 1.82) is 0 Å². The van der Waals surface area contributed by atoms with Crippen LogP contribution in [0.15, 0.2) is 24.8 Å². The van der Waals surface area contributed by atoms with E-state index in [2.05, 4.69) is 10.1 Å². The minimum absolute atomic E-state index is 0.124. The molecular weight excluding hydrogens is 278 g/mol. The predicted octanol–water partition coefficient (Wildman–Crippen LogP) is 2.68. The summed E-state index contributed by atoms with van der Waals surface area (Å²) >= 11 is 0. The zero-order valence-corrected chi connectivity index (χ0v) is 13.1. The van der Waals surface area contributed by atoms with Crippen LogP contribution in [0.4, 0.5) is 0 Å². The van der Waals surface area contributed by atoms with Gasteiger partial charge in [0.15, 0.2) is 5.78 Å². The molecule has 1 atom stereocenters. The second kappa shape index (κ2) is 6.30. The third-order valence-electron chi connectivity index (χ3n) is 4.35. The van der Waals surface area contributed by atoms with E-state index in [1.807, 2.05) is 19.1 Å². The molecule has 1 heterocycles. The van der Waals surface area contributed by atoms with Crippen LogP contribution in [0.25, 0.3) is 0 Å². The largest absolute Gasteiger partial charge is 0.496 e. The number of hydrogen-bond donors (Lipinski definition) is 0. The van der Waals surface area contributed by atoms with Gasteiger partial charge in [-0.2, -0.15) is 5.10 Å². The molecule has 0 bridgehead atoms. The minimum Gasteiger partial charge on any atom is -0.496 e. The molecule has 1 unspecified atom stereocenters. The lowest BCUT2D eigenvalue weighted by Gasteiger charge is -2.22. The van der Waals surface area contributed by atoms with Gasteiger partial charge < -0.3 is 4.74 Å². The summed E-state index contributed by atoms with van der Waals surface area (Å²) < 4.78 is 7.17. The van der Waals surface area contributed by atoms with E-state index >= 15 is 0 Å². The highest BCUT2D eigenvalue weighted by Crippen LogP contribution is 2.33. The number of ketones is 1. The fourth-order valence-corrected chi connectivity index (χ4v) is 3.21. The molecule has 2 aromatic rings. The summed E-state index contributed by atoms with van der Waals surface area (Å²) in [6, 6.07) is 3.85. The Hall–Kier alpha value is -2.17. The minimum atomic E-state index is -0.124. The van der Waals surface area contributed by atoms with E-state index in [1.165, 1.54) is 17.5 Å². The number of carbonyl (C=O) groups excluding carboxylic acids is 1. The highest BCUT2D eigenvalue weighted by molar-refractivity contribution is 5.99. The Balaban J connectivity index is 1.89. The van der Waals surface area contributed by atoms with Crippen LogP contribution in [0.1, 0.15) is 41.3 Å². The van der Waals surface area contributed by atoms with Crippen molar-refractivity contribution in [3.63, 3.8) is 0 Å². The first-order chi connectivity index (χ1) is 10.7. The Morgan fingerprint density at radius 1 is 1.32 bits per heavy atom. The van der Waals surface area contributed by atoms with Crippen LogP contribution in [0.5, 0.6) is 5.75 Å². The maximum absolute atomic E-state index is 12.8. The number of fused-ring (bicyclic) bond motifs is 1. The lowest BCUT2D eigenvalue weighted by atomic mass is 9.84. The quantitative estimate of drug-likeness (QED) is 0.797. The molecule has 116 valence electrons. The number of rotatable bonds is 5. The molecule has 0 amide bonds. The Bertz CT molecular complexity index is 665. The molecule has 0 radical (unpaired) electrons. The monoisotopic (exact) mass is 299 g/mol. The van der Waals surface area contributed by atoms with Crippen molar-refractivity contribution in [3.8, 4) is 5.75 Å². The Morgan fingerprint density at radius 3 is 2.77 bits per heavy atom. The van der Waals surface area contributed by atoms with E-state index in [0.717, 1.165) is 37.0 Å². The first-order valence-electron chi connectivity index (χ1n) is 7.76. The van der Waals surface area contributed by atoms with Crippen molar-refractivity contribution in [2.24, 2.45) is 5.92 Å². The summed E-state index contributed by atoms with van der Waals surface area (Å²) in [5.74, 6) is 0.965. The molecule has 0 fully saturated rings. The van der Waals surface area contributed by atoms with E-state index in [0.29, 0.717) is 6.54 Å². The Labute approximate surface area is 130 Å². The van der Waals surface area contributed by atoms with Crippen LogP contribution in [0, 0.1) is 5.92 Å². The van der Waals surface area contributed by atoms with E-state index in [4.69, 9.17) is 4.74 Å². The fourth-order valence-electron chi connectivity index (χ4n) is 3.21. The number of aromatic nitrogens is 3. The molecule has 1 aromatic carbocycles. The van der Waals surface area contributed by atoms with Crippen LogP contribution in [-0.4, -0.2) is 27.7 Å². The number of Topliss-reactive ketones (excluding diaryl/α,β-unsaturated/α-hetero) is 1. The summed E-state index contributed by atoms with van der Waals surface area (Å²) in [5.41, 5.74) is 3.25. The van der Waals surface area contributed by atoms with E-state index in [1.54, 1.807) is 18.1 Å². The third-order valence-corrected chi connectivity index (χ3v) is 4.35. The van der Waals surface area contributed by atoms with Gasteiger partial charge in [-0.1, -0.05) is 6.92 Å². The number of hydrogen-bond acceptors (Lipinski definition) is 4. The molecule has 5 nitrogen and oxygen atoms in total. The van der Waals surface area contributed by atoms with Crippen LogP contribution in [-0.2, 0) is 19.4 Å². The van der Waals surface area contributed by atoms with Crippen molar-refractivity contribution in [2.75, 3.05) is 7.11 Å². The van der Waals surface area contributed by atoms with Gasteiger partial charge in [0.1, 0.15) is 18.4 Å². The third kappa shape index (κ3) is 2.75. The SMILES string of the molecule is COc1ccc(C(=O)C(C)Cn2cncn2)c2c1CCCC2. The molecule has 1 aliphatic rings. The van der Waals surface area contributed by atoms with Crippen molar-refractivity contribution >= 4 is 5.78 Å². The van der Waals surface area contributed by atoms with Crippen molar-refractivity contribution in [3.05, 3.63) is 41.5 Å². The molecule has 1 aliphatic carbocycles. The first kappa shape index (κ1) is 14.8. The maximum atomic E-state index is 12.8. The summed E-state index contributed by atoms with van der Waals surface area (Å²) in [7, 11) is 1.69. The van der Waals surface area contributed by atoms with Gasteiger partial charge in [-0.25, -0.2) is 4.98 Å². The summed E-state index contributed by atoms with van der Waals surface area (Å²) in [5, 5.41) is 4.08. The molecule has 3 rings (SSSR count). The normalized spacial score (nSPS) is 15.2. The van der Waals surface area contributed by atoms with E-state index in [-0.39, 0.29) is 11.7 Å². The van der Waals surface area contributed by atoms with Gasteiger partial charge >= 0.3 is 0 Å². The van der Waals surface area contributed by atoms with Crippen LogP contribution < -0.4 is 4.74 Å². The molecule has 5 heteroatoms. The summed E-state index contributed by atoms with van der Waals surface area (Å²) in [6.07, 6.45) is 7.40. The zero-order valence-electron chi connectivity index (χ0n) is 13.1. The van der Waals surface area contributed by atoms with Crippen LogP contribution >= 0.6 is 0 Å². The van der Waals surface area contributed by atoms with Crippen LogP contribution in [0.3, 0.4) is 0 Å². The Morgan fingerprint density at radius 2 is 2.09 bits per heavy atom. The number of ether oxygens (including phenoxy) is 1. The van der Waals surface area contributed by atoms with Gasteiger partial charge in [0.25, 0.3) is 0 Å². The van der Waals surface area contributed by atoms with Gasteiger partial charge in [-0.15, -0.1) is 0 Å². The molecule has 0 saturated carbocycles. The van der Waals surface area contributed by atoms with Crippen molar-refractivity contribution in [2.45, 2.75) is 39.2 Å². The smallest absolute Gasteiger partial charge is 0.167 e. The zero-order chi connectivity index (χ0) is 15.5. The fraction of sp³-hybridized carbons (Fsp3) is 0.471.